The zero-order chi connectivity index (χ0) is 29.7. The number of fused-ring (bicyclic) bond motifs is 4. The van der Waals surface area contributed by atoms with Crippen LogP contribution in [-0.4, -0.2) is 6.71 Å². The van der Waals surface area contributed by atoms with Crippen LogP contribution in [0.15, 0.2) is 146 Å². The Hall–Kier alpha value is -5.02. The predicted octanol–water partition coefficient (Wildman–Crippen LogP) is 9.48. The zero-order valence-corrected chi connectivity index (χ0v) is 25.4. The van der Waals surface area contributed by atoms with E-state index in [0.717, 1.165) is 0 Å². The van der Waals surface area contributed by atoms with E-state index in [0.29, 0.717) is 5.92 Å². The Bertz CT molecular complexity index is 1980. The van der Waals surface area contributed by atoms with Gasteiger partial charge in [0.05, 0.1) is 0 Å². The van der Waals surface area contributed by atoms with Crippen LogP contribution in [0.3, 0.4) is 0 Å². The van der Waals surface area contributed by atoms with Crippen LogP contribution >= 0.6 is 0 Å². The average Bonchev–Trinajstić information content (AvgIpc) is 3.12. The Kier molecular flexibility index (Phi) is 6.37. The quantitative estimate of drug-likeness (QED) is 0.192. The maximum absolute atomic E-state index is 2.58. The highest BCUT2D eigenvalue weighted by atomic mass is 15.2. The summed E-state index contributed by atoms with van der Waals surface area (Å²) >= 11 is 0. The molecule has 0 unspecified atom stereocenters. The first-order valence-electron chi connectivity index (χ1n) is 16.5. The molecule has 2 nitrogen and oxygen atoms in total. The molecule has 2 aliphatic heterocycles. The lowest BCUT2D eigenvalue weighted by Crippen LogP contribution is -2.61. The van der Waals surface area contributed by atoms with Crippen LogP contribution in [0.4, 0.5) is 34.1 Å². The van der Waals surface area contributed by atoms with Crippen LogP contribution in [-0.2, 0) is 0 Å². The Labute approximate surface area is 266 Å². The van der Waals surface area contributed by atoms with Crippen molar-refractivity contribution in [3.63, 3.8) is 0 Å². The van der Waals surface area contributed by atoms with Gasteiger partial charge in [-0.3, -0.25) is 0 Å². The molecule has 0 bridgehead atoms. The fraction of sp³-hybridized carbons (Fsp3) is 0.143. The molecular formula is C42H35BN2. The van der Waals surface area contributed by atoms with Gasteiger partial charge in [-0.15, -0.1) is 0 Å². The summed E-state index contributed by atoms with van der Waals surface area (Å²) in [5, 5.41) is 0. The van der Waals surface area contributed by atoms with E-state index in [1.807, 2.05) is 0 Å². The fourth-order valence-corrected chi connectivity index (χ4v) is 8.17. The molecule has 6 aromatic rings. The van der Waals surface area contributed by atoms with E-state index < -0.39 is 0 Å². The van der Waals surface area contributed by atoms with Gasteiger partial charge in [0.1, 0.15) is 0 Å². The van der Waals surface area contributed by atoms with Gasteiger partial charge < -0.3 is 9.80 Å². The van der Waals surface area contributed by atoms with Gasteiger partial charge >= 0.3 is 0 Å². The highest BCUT2D eigenvalue weighted by Crippen LogP contribution is 2.46. The number of hydrogen-bond acceptors (Lipinski definition) is 2. The van der Waals surface area contributed by atoms with Gasteiger partial charge in [-0.2, -0.15) is 0 Å². The van der Waals surface area contributed by atoms with E-state index in [1.165, 1.54) is 99.3 Å². The monoisotopic (exact) mass is 578 g/mol. The summed E-state index contributed by atoms with van der Waals surface area (Å²) in [6.45, 7) is 0.148. The molecule has 1 aliphatic carbocycles. The van der Waals surface area contributed by atoms with E-state index in [4.69, 9.17) is 0 Å². The van der Waals surface area contributed by atoms with Crippen LogP contribution in [0.2, 0.25) is 0 Å². The van der Waals surface area contributed by atoms with Crippen molar-refractivity contribution in [3.05, 3.63) is 151 Å². The van der Waals surface area contributed by atoms with Crippen LogP contribution in [0, 0.1) is 0 Å². The van der Waals surface area contributed by atoms with Crippen molar-refractivity contribution in [1.82, 2.24) is 0 Å². The molecule has 0 N–H and O–H groups in total. The normalized spacial score (nSPS) is 15.3. The van der Waals surface area contributed by atoms with Gasteiger partial charge in [-0.05, 0) is 100 Å². The first-order chi connectivity index (χ1) is 22.3. The van der Waals surface area contributed by atoms with Crippen molar-refractivity contribution in [1.29, 1.82) is 0 Å². The second kappa shape index (κ2) is 10.9. The van der Waals surface area contributed by atoms with Gasteiger partial charge in [0.25, 0.3) is 6.71 Å². The van der Waals surface area contributed by atoms with E-state index in [2.05, 4.69) is 155 Å². The molecule has 2 heterocycles. The third-order valence-electron chi connectivity index (χ3n) is 10.2. The van der Waals surface area contributed by atoms with Crippen LogP contribution < -0.4 is 26.2 Å². The minimum Gasteiger partial charge on any atom is -0.311 e. The number of benzene rings is 6. The van der Waals surface area contributed by atoms with Crippen molar-refractivity contribution >= 4 is 57.2 Å². The molecule has 1 fully saturated rings. The van der Waals surface area contributed by atoms with E-state index in [1.54, 1.807) is 0 Å². The van der Waals surface area contributed by atoms with Crippen molar-refractivity contribution in [2.75, 3.05) is 9.80 Å². The zero-order valence-electron chi connectivity index (χ0n) is 25.4. The Morgan fingerprint density at radius 3 is 1.64 bits per heavy atom. The summed E-state index contributed by atoms with van der Waals surface area (Å²) in [5.41, 5.74) is 15.6. The second-order valence-electron chi connectivity index (χ2n) is 12.8. The van der Waals surface area contributed by atoms with Gasteiger partial charge in [-0.25, -0.2) is 0 Å². The molecule has 45 heavy (non-hydrogen) atoms. The molecule has 0 aromatic heterocycles. The molecule has 0 saturated heterocycles. The van der Waals surface area contributed by atoms with Crippen molar-refractivity contribution in [3.8, 4) is 11.1 Å². The van der Waals surface area contributed by atoms with Crippen molar-refractivity contribution < 1.29 is 0 Å². The Morgan fingerprint density at radius 2 is 1.00 bits per heavy atom. The van der Waals surface area contributed by atoms with Gasteiger partial charge in [0.2, 0.25) is 0 Å². The highest BCUT2D eigenvalue weighted by Gasteiger charge is 2.43. The topological polar surface area (TPSA) is 6.48 Å². The lowest BCUT2D eigenvalue weighted by atomic mass is 9.33. The number of anilines is 6. The summed E-state index contributed by atoms with van der Waals surface area (Å²) in [6.07, 6.45) is 6.64. The lowest BCUT2D eigenvalue weighted by molar-refractivity contribution is 0.444. The summed E-state index contributed by atoms with van der Waals surface area (Å²) in [6, 6.07) is 54.1. The molecule has 9 rings (SSSR count). The third-order valence-corrected chi connectivity index (χ3v) is 10.2. The molecule has 0 spiro atoms. The Balaban J connectivity index is 1.37. The number of para-hydroxylation sites is 3. The lowest BCUT2D eigenvalue weighted by Gasteiger charge is -2.44. The molecule has 0 radical (unpaired) electrons. The first-order valence-corrected chi connectivity index (χ1v) is 16.5. The maximum atomic E-state index is 2.58. The highest BCUT2D eigenvalue weighted by molar-refractivity contribution is 7.00. The van der Waals surface area contributed by atoms with Gasteiger partial charge in [0.15, 0.2) is 0 Å². The van der Waals surface area contributed by atoms with E-state index in [9.17, 15) is 0 Å². The maximum Gasteiger partial charge on any atom is 0.252 e. The SMILES string of the molecule is c1ccc(-c2cc3c4c(c2)N(c2ccccc2)c2ccc(C5CCCCC5)cc2B4c2ccccc2N3c2ccccc2)cc1. The predicted molar refractivity (Wildman–Crippen MR) is 192 cm³/mol. The first kappa shape index (κ1) is 26.4. The fourth-order valence-electron chi connectivity index (χ4n) is 8.17. The number of nitrogens with zero attached hydrogens (tertiary/aromatic N) is 2. The molecule has 0 atom stereocenters. The van der Waals surface area contributed by atoms with Crippen LogP contribution in [0.5, 0.6) is 0 Å². The minimum absolute atomic E-state index is 0.148. The second-order valence-corrected chi connectivity index (χ2v) is 12.8. The molecule has 216 valence electrons. The molecule has 1 saturated carbocycles. The summed E-state index contributed by atoms with van der Waals surface area (Å²) in [5.74, 6) is 0.648. The van der Waals surface area contributed by atoms with Crippen LogP contribution in [0.25, 0.3) is 11.1 Å². The number of rotatable bonds is 4. The van der Waals surface area contributed by atoms with E-state index >= 15 is 0 Å². The molecule has 3 heteroatoms. The third kappa shape index (κ3) is 4.33. The van der Waals surface area contributed by atoms with Crippen molar-refractivity contribution in [2.24, 2.45) is 0 Å². The Morgan fingerprint density at radius 1 is 0.444 bits per heavy atom. The van der Waals surface area contributed by atoms with Gasteiger partial charge in [0, 0.05) is 34.1 Å². The number of hydrogen-bond donors (Lipinski definition) is 0. The summed E-state index contributed by atoms with van der Waals surface area (Å²) in [4.78, 5) is 5.02. The van der Waals surface area contributed by atoms with Crippen molar-refractivity contribution in [2.45, 2.75) is 38.0 Å². The minimum atomic E-state index is 0.148. The molecular weight excluding hydrogens is 543 g/mol. The van der Waals surface area contributed by atoms with Crippen LogP contribution in [0.1, 0.15) is 43.6 Å². The largest absolute Gasteiger partial charge is 0.311 e. The summed E-state index contributed by atoms with van der Waals surface area (Å²) in [7, 11) is 0. The molecule has 6 aromatic carbocycles. The smallest absolute Gasteiger partial charge is 0.252 e. The molecule has 3 aliphatic rings. The van der Waals surface area contributed by atoms with E-state index in [-0.39, 0.29) is 6.71 Å². The van der Waals surface area contributed by atoms with Gasteiger partial charge in [-0.1, -0.05) is 116 Å². The summed E-state index contributed by atoms with van der Waals surface area (Å²) < 4.78 is 0. The average molecular weight is 579 g/mol. The molecule has 0 amide bonds. The standard InChI is InChI=1S/C42H35BN2/c1-5-15-30(16-6-1)32-25-26-39-37(27-32)43-36-23-13-14-24-38(36)44(34-19-9-3-10-20-34)40-28-33(31-17-7-2-8-18-31)29-41(42(40)43)45(39)35-21-11-4-12-22-35/h2-4,7-14,17-30H,1,5-6,15-16H2.